The van der Waals surface area contributed by atoms with E-state index in [1.54, 1.807) is 18.2 Å². The summed E-state index contributed by atoms with van der Waals surface area (Å²) in [6, 6.07) is 14.9. The first-order valence-corrected chi connectivity index (χ1v) is 10.9. The van der Waals surface area contributed by atoms with Crippen LogP contribution in [-0.4, -0.2) is 38.2 Å². The van der Waals surface area contributed by atoms with E-state index in [9.17, 15) is 13.2 Å². The van der Waals surface area contributed by atoms with Gasteiger partial charge in [0, 0.05) is 25.2 Å². The number of piperidine rings is 1. The maximum atomic E-state index is 12.7. The van der Waals surface area contributed by atoms with E-state index >= 15 is 0 Å². The number of rotatable bonds is 3. The van der Waals surface area contributed by atoms with Crippen LogP contribution in [0.4, 0.5) is 0 Å². The molecule has 1 atom stereocenters. The molecule has 7 heteroatoms. The zero-order chi connectivity index (χ0) is 19.7. The molecule has 2 aromatic carbocycles. The molecule has 1 unspecified atom stereocenters. The van der Waals surface area contributed by atoms with Crippen LogP contribution in [0, 0.1) is 12.8 Å². The first-order valence-electron chi connectivity index (χ1n) is 9.47. The SMILES string of the molecule is Cc1ccccc1CNC(=O)C1CCCN(C2=NS(=O)(=O)c3ccccc32)C1. The Balaban J connectivity index is 1.47. The van der Waals surface area contributed by atoms with E-state index in [1.165, 1.54) is 0 Å². The lowest BCUT2D eigenvalue weighted by molar-refractivity contribution is -0.126. The molecule has 0 radical (unpaired) electrons. The van der Waals surface area contributed by atoms with Gasteiger partial charge in [0.2, 0.25) is 5.91 Å². The molecule has 0 aromatic heterocycles. The summed E-state index contributed by atoms with van der Waals surface area (Å²) in [5.41, 5.74) is 2.88. The molecule has 2 aliphatic heterocycles. The van der Waals surface area contributed by atoms with Gasteiger partial charge in [-0.3, -0.25) is 4.79 Å². The van der Waals surface area contributed by atoms with Crippen molar-refractivity contribution in [2.75, 3.05) is 13.1 Å². The van der Waals surface area contributed by atoms with Crippen molar-refractivity contribution in [3.8, 4) is 0 Å². The van der Waals surface area contributed by atoms with Gasteiger partial charge in [0.15, 0.2) is 5.84 Å². The molecule has 1 fully saturated rings. The highest BCUT2D eigenvalue weighted by atomic mass is 32.2. The fraction of sp³-hybridized carbons (Fsp3) is 0.333. The number of carbonyl (C=O) groups excluding carboxylic acids is 1. The highest BCUT2D eigenvalue weighted by Gasteiger charge is 2.35. The molecule has 28 heavy (non-hydrogen) atoms. The van der Waals surface area contributed by atoms with E-state index < -0.39 is 10.0 Å². The second kappa shape index (κ2) is 7.39. The van der Waals surface area contributed by atoms with Gasteiger partial charge < -0.3 is 10.2 Å². The predicted molar refractivity (Wildman–Crippen MR) is 107 cm³/mol. The maximum Gasteiger partial charge on any atom is 0.285 e. The quantitative estimate of drug-likeness (QED) is 0.863. The maximum absolute atomic E-state index is 12.7. The number of sulfonamides is 1. The average molecular weight is 398 g/mol. The topological polar surface area (TPSA) is 78.8 Å². The summed E-state index contributed by atoms with van der Waals surface area (Å²) in [6.45, 7) is 3.70. The Morgan fingerprint density at radius 3 is 2.75 bits per heavy atom. The smallest absolute Gasteiger partial charge is 0.285 e. The van der Waals surface area contributed by atoms with E-state index in [4.69, 9.17) is 0 Å². The van der Waals surface area contributed by atoms with Gasteiger partial charge in [-0.15, -0.1) is 4.40 Å². The average Bonchev–Trinajstić information content (AvgIpc) is 2.99. The van der Waals surface area contributed by atoms with Gasteiger partial charge in [-0.2, -0.15) is 8.42 Å². The van der Waals surface area contributed by atoms with Crippen molar-refractivity contribution in [1.82, 2.24) is 10.2 Å². The molecule has 0 aliphatic carbocycles. The van der Waals surface area contributed by atoms with Crippen LogP contribution in [0.1, 0.15) is 29.5 Å². The number of nitrogens with one attached hydrogen (secondary N) is 1. The predicted octanol–water partition coefficient (Wildman–Crippen LogP) is 2.47. The minimum Gasteiger partial charge on any atom is -0.355 e. The Bertz CT molecular complexity index is 1050. The van der Waals surface area contributed by atoms with Crippen molar-refractivity contribution in [1.29, 1.82) is 0 Å². The number of aryl methyl sites for hydroxylation is 1. The van der Waals surface area contributed by atoms with E-state index in [1.807, 2.05) is 42.2 Å². The standard InChI is InChI=1S/C21H23N3O3S/c1-15-7-2-3-8-16(15)13-22-21(25)17-9-6-12-24(14-17)20-18-10-4-5-11-19(18)28(26,27)23-20/h2-5,7-8,10-11,17H,6,9,12-14H2,1H3,(H,22,25). The van der Waals surface area contributed by atoms with E-state index in [0.29, 0.717) is 31.0 Å². The number of amides is 1. The molecule has 0 spiro atoms. The van der Waals surface area contributed by atoms with Gasteiger partial charge in [0.25, 0.3) is 10.0 Å². The number of carbonyl (C=O) groups is 1. The molecular weight excluding hydrogens is 374 g/mol. The normalized spacial score (nSPS) is 20.4. The van der Waals surface area contributed by atoms with Gasteiger partial charge >= 0.3 is 0 Å². The van der Waals surface area contributed by atoms with Crippen molar-refractivity contribution in [3.05, 3.63) is 65.2 Å². The van der Waals surface area contributed by atoms with Crippen LogP contribution in [0.3, 0.4) is 0 Å². The molecule has 2 heterocycles. The number of hydrogen-bond acceptors (Lipinski definition) is 4. The summed E-state index contributed by atoms with van der Waals surface area (Å²) in [4.78, 5) is 14.9. The van der Waals surface area contributed by atoms with Crippen molar-refractivity contribution in [2.45, 2.75) is 31.2 Å². The number of benzene rings is 2. The van der Waals surface area contributed by atoms with Crippen LogP contribution in [-0.2, 0) is 21.4 Å². The molecule has 4 rings (SSSR count). The monoisotopic (exact) mass is 397 g/mol. The zero-order valence-corrected chi connectivity index (χ0v) is 16.6. The summed E-state index contributed by atoms with van der Waals surface area (Å²) < 4.78 is 28.6. The van der Waals surface area contributed by atoms with E-state index in [-0.39, 0.29) is 16.7 Å². The highest BCUT2D eigenvalue weighted by molar-refractivity contribution is 7.90. The van der Waals surface area contributed by atoms with Crippen LogP contribution in [0.15, 0.2) is 57.8 Å². The molecular formula is C21H23N3O3S. The van der Waals surface area contributed by atoms with Crippen molar-refractivity contribution < 1.29 is 13.2 Å². The van der Waals surface area contributed by atoms with E-state index in [2.05, 4.69) is 9.71 Å². The van der Waals surface area contributed by atoms with Crippen molar-refractivity contribution in [2.24, 2.45) is 10.3 Å². The minimum atomic E-state index is -3.65. The summed E-state index contributed by atoms with van der Waals surface area (Å²) >= 11 is 0. The van der Waals surface area contributed by atoms with Gasteiger partial charge in [-0.1, -0.05) is 36.4 Å². The highest BCUT2D eigenvalue weighted by Crippen LogP contribution is 2.29. The Kier molecular flexibility index (Phi) is 4.93. The lowest BCUT2D eigenvalue weighted by Gasteiger charge is -2.33. The molecule has 1 amide bonds. The molecule has 2 aliphatic rings. The molecule has 1 N–H and O–H groups in total. The van der Waals surface area contributed by atoms with Gasteiger partial charge in [0.05, 0.1) is 5.92 Å². The van der Waals surface area contributed by atoms with Gasteiger partial charge in [0.1, 0.15) is 4.90 Å². The molecule has 1 saturated heterocycles. The van der Waals surface area contributed by atoms with Gasteiger partial charge in [-0.25, -0.2) is 0 Å². The molecule has 0 saturated carbocycles. The number of fused-ring (bicyclic) bond motifs is 1. The first kappa shape index (κ1) is 18.7. The van der Waals surface area contributed by atoms with Crippen molar-refractivity contribution >= 4 is 21.8 Å². The summed E-state index contributed by atoms with van der Waals surface area (Å²) in [7, 11) is -3.65. The van der Waals surface area contributed by atoms with Crippen LogP contribution in [0.2, 0.25) is 0 Å². The fourth-order valence-electron chi connectivity index (χ4n) is 3.84. The zero-order valence-electron chi connectivity index (χ0n) is 15.8. The fourth-order valence-corrected chi connectivity index (χ4v) is 5.06. The number of hydrogen-bond donors (Lipinski definition) is 1. The Morgan fingerprint density at radius 1 is 1.18 bits per heavy atom. The second-order valence-electron chi connectivity index (χ2n) is 7.32. The number of amidine groups is 1. The summed E-state index contributed by atoms with van der Waals surface area (Å²) in [6.07, 6.45) is 1.61. The van der Waals surface area contributed by atoms with Gasteiger partial charge in [-0.05, 0) is 43.0 Å². The van der Waals surface area contributed by atoms with Crippen LogP contribution in [0.5, 0.6) is 0 Å². The molecule has 6 nitrogen and oxygen atoms in total. The Morgan fingerprint density at radius 2 is 1.93 bits per heavy atom. The lowest BCUT2D eigenvalue weighted by Crippen LogP contribution is -2.45. The van der Waals surface area contributed by atoms with Crippen molar-refractivity contribution in [3.63, 3.8) is 0 Å². The Hall–Kier alpha value is -2.67. The van der Waals surface area contributed by atoms with Crippen LogP contribution >= 0.6 is 0 Å². The summed E-state index contributed by atoms with van der Waals surface area (Å²) in [5, 5.41) is 3.03. The third-order valence-corrected chi connectivity index (χ3v) is 6.74. The molecule has 146 valence electrons. The second-order valence-corrected chi connectivity index (χ2v) is 8.89. The van der Waals surface area contributed by atoms with Crippen LogP contribution in [0.25, 0.3) is 0 Å². The third-order valence-electron chi connectivity index (χ3n) is 5.42. The van der Waals surface area contributed by atoms with E-state index in [0.717, 1.165) is 24.0 Å². The first-order chi connectivity index (χ1) is 13.5. The summed E-state index contributed by atoms with van der Waals surface area (Å²) in [5.74, 6) is 0.283. The number of nitrogens with zero attached hydrogens (tertiary/aromatic N) is 2. The largest absolute Gasteiger partial charge is 0.355 e. The number of likely N-dealkylation sites (tertiary alicyclic amines) is 1. The molecule has 0 bridgehead atoms. The molecule has 2 aromatic rings. The Labute approximate surface area is 165 Å². The lowest BCUT2D eigenvalue weighted by atomic mass is 9.96. The minimum absolute atomic E-state index is 0.00249. The van der Waals surface area contributed by atoms with Crippen LogP contribution < -0.4 is 5.32 Å². The third kappa shape index (κ3) is 3.54.